The van der Waals surface area contributed by atoms with Gasteiger partial charge < -0.3 is 9.88 Å². The van der Waals surface area contributed by atoms with Crippen molar-refractivity contribution in [2.24, 2.45) is 7.05 Å². The Hall–Kier alpha value is -2.40. The molecule has 0 aliphatic rings. The van der Waals surface area contributed by atoms with Gasteiger partial charge in [-0.1, -0.05) is 24.3 Å². The Balaban J connectivity index is 1.62. The third kappa shape index (κ3) is 3.51. The SMILES string of the molecule is CCn1ccnc1C(C)NCc1ccc(-c2cnn(C)c2)cc1. The van der Waals surface area contributed by atoms with Crippen LogP contribution < -0.4 is 5.32 Å². The summed E-state index contributed by atoms with van der Waals surface area (Å²) in [6.45, 7) is 6.06. The molecule has 0 amide bonds. The van der Waals surface area contributed by atoms with Crippen LogP contribution >= 0.6 is 0 Å². The number of nitrogens with zero attached hydrogens (tertiary/aromatic N) is 4. The third-order valence-electron chi connectivity index (χ3n) is 4.08. The summed E-state index contributed by atoms with van der Waals surface area (Å²) in [5, 5.41) is 7.75. The van der Waals surface area contributed by atoms with E-state index in [-0.39, 0.29) is 6.04 Å². The van der Waals surface area contributed by atoms with Crippen LogP contribution in [0.2, 0.25) is 0 Å². The van der Waals surface area contributed by atoms with Crippen LogP contribution in [0.5, 0.6) is 0 Å². The highest BCUT2D eigenvalue weighted by Crippen LogP contribution is 2.19. The van der Waals surface area contributed by atoms with Gasteiger partial charge in [0.2, 0.25) is 0 Å². The fourth-order valence-electron chi connectivity index (χ4n) is 2.72. The summed E-state index contributed by atoms with van der Waals surface area (Å²) < 4.78 is 3.99. The number of nitrogens with one attached hydrogen (secondary N) is 1. The van der Waals surface area contributed by atoms with E-state index in [0.717, 1.165) is 24.5 Å². The minimum absolute atomic E-state index is 0.225. The lowest BCUT2D eigenvalue weighted by molar-refractivity contribution is 0.517. The van der Waals surface area contributed by atoms with Crippen LogP contribution in [0.4, 0.5) is 0 Å². The molecule has 1 atom stereocenters. The van der Waals surface area contributed by atoms with Crippen LogP contribution in [-0.2, 0) is 20.1 Å². The summed E-state index contributed by atoms with van der Waals surface area (Å²) in [5.74, 6) is 1.08. The molecule has 1 unspecified atom stereocenters. The van der Waals surface area contributed by atoms with E-state index in [1.807, 2.05) is 36.5 Å². The minimum Gasteiger partial charge on any atom is -0.334 e. The highest BCUT2D eigenvalue weighted by molar-refractivity contribution is 5.61. The summed E-state index contributed by atoms with van der Waals surface area (Å²) in [5.41, 5.74) is 3.60. The van der Waals surface area contributed by atoms with Crippen molar-refractivity contribution in [1.29, 1.82) is 0 Å². The van der Waals surface area contributed by atoms with E-state index in [9.17, 15) is 0 Å². The fraction of sp³-hybridized carbons (Fsp3) is 0.333. The molecule has 0 aliphatic carbocycles. The van der Waals surface area contributed by atoms with Crippen molar-refractivity contribution in [2.45, 2.75) is 33.0 Å². The molecule has 3 rings (SSSR count). The van der Waals surface area contributed by atoms with E-state index in [4.69, 9.17) is 0 Å². The second-order valence-electron chi connectivity index (χ2n) is 5.77. The van der Waals surface area contributed by atoms with Crippen LogP contribution in [0, 0.1) is 0 Å². The lowest BCUT2D eigenvalue weighted by Gasteiger charge is -2.15. The molecule has 0 aliphatic heterocycles. The molecule has 5 nitrogen and oxygen atoms in total. The predicted octanol–water partition coefficient (Wildman–Crippen LogP) is 3.15. The quantitative estimate of drug-likeness (QED) is 0.761. The number of aryl methyl sites for hydroxylation is 2. The standard InChI is InChI=1S/C18H23N5/c1-4-23-10-9-19-18(23)14(2)20-11-15-5-7-16(8-6-15)17-12-21-22(3)13-17/h5-10,12-14,20H,4,11H2,1-3H3. The maximum atomic E-state index is 4.45. The molecule has 2 aromatic heterocycles. The number of benzene rings is 1. The summed E-state index contributed by atoms with van der Waals surface area (Å²) in [6.07, 6.45) is 7.80. The number of hydrogen-bond donors (Lipinski definition) is 1. The van der Waals surface area contributed by atoms with Crippen molar-refractivity contribution in [3.63, 3.8) is 0 Å². The minimum atomic E-state index is 0.225. The zero-order chi connectivity index (χ0) is 16.2. The van der Waals surface area contributed by atoms with Crippen molar-refractivity contribution in [2.75, 3.05) is 0 Å². The lowest BCUT2D eigenvalue weighted by atomic mass is 10.1. The molecule has 23 heavy (non-hydrogen) atoms. The molecule has 0 saturated heterocycles. The predicted molar refractivity (Wildman–Crippen MR) is 91.8 cm³/mol. The van der Waals surface area contributed by atoms with E-state index in [1.165, 1.54) is 11.1 Å². The highest BCUT2D eigenvalue weighted by Gasteiger charge is 2.10. The molecule has 1 N–H and O–H groups in total. The van der Waals surface area contributed by atoms with Crippen molar-refractivity contribution in [3.05, 3.63) is 60.4 Å². The fourth-order valence-corrected chi connectivity index (χ4v) is 2.72. The van der Waals surface area contributed by atoms with Gasteiger partial charge in [0.15, 0.2) is 0 Å². The number of aromatic nitrogens is 4. The average molecular weight is 309 g/mol. The van der Waals surface area contributed by atoms with Gasteiger partial charge in [-0.2, -0.15) is 5.10 Å². The molecule has 3 aromatic rings. The summed E-state index contributed by atoms with van der Waals surface area (Å²) in [4.78, 5) is 4.45. The Kier molecular flexibility index (Phi) is 4.57. The van der Waals surface area contributed by atoms with Gasteiger partial charge in [-0.15, -0.1) is 0 Å². The Morgan fingerprint density at radius 3 is 2.61 bits per heavy atom. The van der Waals surface area contributed by atoms with E-state index < -0.39 is 0 Å². The molecular weight excluding hydrogens is 286 g/mol. The molecule has 120 valence electrons. The largest absolute Gasteiger partial charge is 0.334 e. The van der Waals surface area contributed by atoms with Crippen molar-refractivity contribution >= 4 is 0 Å². The Morgan fingerprint density at radius 2 is 1.96 bits per heavy atom. The average Bonchev–Trinajstić information content (AvgIpc) is 3.21. The zero-order valence-electron chi connectivity index (χ0n) is 13.9. The van der Waals surface area contributed by atoms with Crippen LogP contribution in [-0.4, -0.2) is 19.3 Å². The topological polar surface area (TPSA) is 47.7 Å². The normalized spacial score (nSPS) is 12.5. The first-order chi connectivity index (χ1) is 11.2. The van der Waals surface area contributed by atoms with Gasteiger partial charge in [0.05, 0.1) is 12.2 Å². The van der Waals surface area contributed by atoms with Gasteiger partial charge in [-0.3, -0.25) is 4.68 Å². The molecule has 2 heterocycles. The lowest BCUT2D eigenvalue weighted by Crippen LogP contribution is -2.21. The maximum Gasteiger partial charge on any atom is 0.125 e. The molecular formula is C18H23N5. The first-order valence-electron chi connectivity index (χ1n) is 7.99. The van der Waals surface area contributed by atoms with Crippen LogP contribution in [0.1, 0.15) is 31.3 Å². The molecule has 0 radical (unpaired) electrons. The van der Waals surface area contributed by atoms with Crippen LogP contribution in [0.25, 0.3) is 11.1 Å². The third-order valence-corrected chi connectivity index (χ3v) is 4.08. The number of hydrogen-bond acceptors (Lipinski definition) is 3. The second kappa shape index (κ2) is 6.79. The van der Waals surface area contributed by atoms with Gasteiger partial charge in [-0.25, -0.2) is 4.98 Å². The Bertz CT molecular complexity index is 754. The summed E-state index contributed by atoms with van der Waals surface area (Å²) >= 11 is 0. The van der Waals surface area contributed by atoms with Gasteiger partial charge in [0, 0.05) is 44.3 Å². The van der Waals surface area contributed by atoms with Gasteiger partial charge in [-0.05, 0) is 25.0 Å². The van der Waals surface area contributed by atoms with E-state index in [1.54, 1.807) is 0 Å². The van der Waals surface area contributed by atoms with Crippen molar-refractivity contribution in [3.8, 4) is 11.1 Å². The monoisotopic (exact) mass is 309 g/mol. The van der Waals surface area contributed by atoms with Gasteiger partial charge in [0.25, 0.3) is 0 Å². The first kappa shape index (κ1) is 15.5. The van der Waals surface area contributed by atoms with E-state index in [2.05, 4.69) is 58.1 Å². The number of rotatable bonds is 6. The maximum absolute atomic E-state index is 4.45. The Labute approximate surface area is 137 Å². The van der Waals surface area contributed by atoms with Crippen LogP contribution in [0.15, 0.2) is 49.1 Å². The Morgan fingerprint density at radius 1 is 1.17 bits per heavy atom. The van der Waals surface area contributed by atoms with Gasteiger partial charge in [0.1, 0.15) is 5.82 Å². The van der Waals surface area contributed by atoms with Gasteiger partial charge >= 0.3 is 0 Å². The van der Waals surface area contributed by atoms with Crippen molar-refractivity contribution < 1.29 is 0 Å². The molecule has 0 spiro atoms. The molecule has 5 heteroatoms. The highest BCUT2D eigenvalue weighted by atomic mass is 15.2. The summed E-state index contributed by atoms with van der Waals surface area (Å²) in [7, 11) is 1.93. The van der Waals surface area contributed by atoms with E-state index >= 15 is 0 Å². The second-order valence-corrected chi connectivity index (χ2v) is 5.77. The molecule has 0 bridgehead atoms. The van der Waals surface area contributed by atoms with Crippen molar-refractivity contribution in [1.82, 2.24) is 24.6 Å². The number of imidazole rings is 1. The smallest absolute Gasteiger partial charge is 0.125 e. The van der Waals surface area contributed by atoms with E-state index in [0.29, 0.717) is 0 Å². The molecule has 0 fully saturated rings. The van der Waals surface area contributed by atoms with Crippen LogP contribution in [0.3, 0.4) is 0 Å². The summed E-state index contributed by atoms with van der Waals surface area (Å²) in [6, 6.07) is 8.84. The molecule has 1 aromatic carbocycles. The zero-order valence-corrected chi connectivity index (χ0v) is 13.9. The first-order valence-corrected chi connectivity index (χ1v) is 7.99. The molecule has 0 saturated carbocycles.